The molecule has 3 aromatic carbocycles. The van der Waals surface area contributed by atoms with Crippen LogP contribution in [0.25, 0.3) is 5.69 Å². The maximum Gasteiger partial charge on any atom is 0.296 e. The van der Waals surface area contributed by atoms with Gasteiger partial charge in [0.25, 0.3) is 5.56 Å². The second-order valence-corrected chi connectivity index (χ2v) is 14.1. The number of methoxy groups -OCH3 is 1. The van der Waals surface area contributed by atoms with E-state index in [1.165, 1.54) is 21.7 Å². The normalized spacial score (nSPS) is 16.9. The summed E-state index contributed by atoms with van der Waals surface area (Å²) in [5.74, 6) is 0.302. The van der Waals surface area contributed by atoms with Gasteiger partial charge in [-0.05, 0) is 48.7 Å². The molecule has 4 aromatic rings. The molecule has 45 heavy (non-hydrogen) atoms. The van der Waals surface area contributed by atoms with Crippen LogP contribution in [0.1, 0.15) is 18.4 Å². The molecule has 0 radical (unpaired) electrons. The largest absolute Gasteiger partial charge is 0.495 e. The molecule has 0 aliphatic carbocycles. The molecule has 2 saturated heterocycles. The molecule has 236 valence electrons. The number of aromatic nitrogens is 2. The number of sulfonamides is 1. The molecule has 0 amide bonds. The number of ether oxygens (including phenoxy) is 1. The van der Waals surface area contributed by atoms with Crippen molar-refractivity contribution in [1.82, 2.24) is 19.0 Å². The number of piperazine rings is 1. The average molecular weight is 694 g/mol. The van der Waals surface area contributed by atoms with Crippen molar-refractivity contribution in [3.63, 3.8) is 0 Å². The van der Waals surface area contributed by atoms with Crippen molar-refractivity contribution >= 4 is 37.3 Å². The van der Waals surface area contributed by atoms with E-state index in [-0.39, 0.29) is 29.6 Å². The van der Waals surface area contributed by atoms with E-state index in [0.29, 0.717) is 40.4 Å². The summed E-state index contributed by atoms with van der Waals surface area (Å²) in [6, 6.07) is 25.0. The number of halogens is 1. The number of nitrogens with zero attached hydrogens (tertiary/aromatic N) is 5. The maximum absolute atomic E-state index is 14.0. The van der Waals surface area contributed by atoms with E-state index in [1.807, 2.05) is 36.4 Å². The van der Waals surface area contributed by atoms with Crippen LogP contribution in [0.2, 0.25) is 0 Å². The van der Waals surface area contributed by atoms with Crippen LogP contribution in [0, 0.1) is 0 Å². The number of nitrogens with one attached hydrogen (secondary N) is 1. The molecule has 1 N–H and O–H groups in total. The zero-order valence-corrected chi connectivity index (χ0v) is 27.6. The van der Waals surface area contributed by atoms with E-state index in [1.54, 1.807) is 24.4 Å². The first kappa shape index (κ1) is 31.3. The quantitative estimate of drug-likeness (QED) is 0.272. The van der Waals surface area contributed by atoms with Crippen molar-refractivity contribution in [3.05, 3.63) is 105 Å². The molecule has 3 heterocycles. The van der Waals surface area contributed by atoms with Crippen molar-refractivity contribution in [2.75, 3.05) is 56.6 Å². The van der Waals surface area contributed by atoms with Gasteiger partial charge in [0.15, 0.2) is 0 Å². The molecular formula is C33H37BrN6O4S. The number of likely N-dealkylation sites (tertiary alicyclic amines) is 1. The van der Waals surface area contributed by atoms with Gasteiger partial charge in [-0.1, -0.05) is 64.5 Å². The number of anilines is 2. The first-order valence-corrected chi connectivity index (χ1v) is 17.4. The molecule has 1 aromatic heterocycles. The Morgan fingerprint density at radius 1 is 0.911 bits per heavy atom. The van der Waals surface area contributed by atoms with E-state index in [2.05, 4.69) is 60.4 Å². The molecule has 6 rings (SSSR count). The number of rotatable bonds is 9. The van der Waals surface area contributed by atoms with Gasteiger partial charge in [0.05, 0.1) is 24.7 Å². The second-order valence-electron chi connectivity index (χ2n) is 11.3. The first-order valence-electron chi connectivity index (χ1n) is 15.1. The molecular weight excluding hydrogens is 656 g/mol. The lowest BCUT2D eigenvalue weighted by atomic mass is 10.0. The monoisotopic (exact) mass is 692 g/mol. The lowest BCUT2D eigenvalue weighted by Crippen LogP contribution is -2.49. The highest BCUT2D eigenvalue weighted by atomic mass is 79.9. The summed E-state index contributed by atoms with van der Waals surface area (Å²) in [6.07, 6.45) is 3.53. The molecule has 2 aliphatic heterocycles. The first-order chi connectivity index (χ1) is 21.8. The van der Waals surface area contributed by atoms with E-state index >= 15 is 0 Å². The van der Waals surface area contributed by atoms with Crippen LogP contribution in [0.5, 0.6) is 5.75 Å². The van der Waals surface area contributed by atoms with Crippen molar-refractivity contribution in [2.24, 2.45) is 0 Å². The predicted molar refractivity (Wildman–Crippen MR) is 180 cm³/mol. The third kappa shape index (κ3) is 6.94. The minimum absolute atomic E-state index is 0.126. The summed E-state index contributed by atoms with van der Waals surface area (Å²) in [5.41, 5.74) is 2.95. The molecule has 12 heteroatoms. The van der Waals surface area contributed by atoms with Gasteiger partial charge in [0.1, 0.15) is 16.3 Å². The molecule has 2 aliphatic rings. The highest BCUT2D eigenvalue weighted by Gasteiger charge is 2.33. The second kappa shape index (κ2) is 13.7. The summed E-state index contributed by atoms with van der Waals surface area (Å²) < 4.78 is 36.1. The summed E-state index contributed by atoms with van der Waals surface area (Å²) in [5, 5.41) is 8.15. The van der Waals surface area contributed by atoms with Crippen LogP contribution in [0.3, 0.4) is 0 Å². The summed E-state index contributed by atoms with van der Waals surface area (Å²) in [7, 11) is -2.33. The minimum Gasteiger partial charge on any atom is -0.495 e. The van der Waals surface area contributed by atoms with Crippen LogP contribution in [-0.2, 0) is 16.6 Å². The van der Waals surface area contributed by atoms with Gasteiger partial charge >= 0.3 is 0 Å². The SMILES string of the molecule is COc1ccc(Br)cc1S(=O)(=O)N1CCN(c2cnn(-c3ccccc3)c(=O)c2NC2CCN(Cc3ccccc3)CC2)CC1. The Morgan fingerprint density at radius 3 is 2.24 bits per heavy atom. The van der Waals surface area contributed by atoms with Gasteiger partial charge < -0.3 is 15.0 Å². The predicted octanol–water partition coefficient (Wildman–Crippen LogP) is 4.59. The fraction of sp³-hybridized carbons (Fsp3) is 0.333. The van der Waals surface area contributed by atoms with Crippen LogP contribution in [-0.4, -0.2) is 79.8 Å². The number of hydrogen-bond donors (Lipinski definition) is 1. The van der Waals surface area contributed by atoms with Crippen LogP contribution < -0.4 is 20.5 Å². The van der Waals surface area contributed by atoms with Gasteiger partial charge in [0, 0.05) is 56.3 Å². The Balaban J connectivity index is 1.21. The van der Waals surface area contributed by atoms with E-state index in [4.69, 9.17) is 4.74 Å². The molecule has 2 fully saturated rings. The van der Waals surface area contributed by atoms with E-state index < -0.39 is 10.0 Å². The third-order valence-electron chi connectivity index (χ3n) is 8.47. The van der Waals surface area contributed by atoms with Gasteiger partial charge in [-0.2, -0.15) is 14.1 Å². The van der Waals surface area contributed by atoms with E-state index in [9.17, 15) is 13.2 Å². The molecule has 0 spiro atoms. The smallest absolute Gasteiger partial charge is 0.296 e. The Labute approximate surface area is 272 Å². The number of benzene rings is 3. The molecule has 0 atom stereocenters. The van der Waals surface area contributed by atoms with Gasteiger partial charge in [0.2, 0.25) is 10.0 Å². The molecule has 0 unspecified atom stereocenters. The number of piperidine rings is 1. The Hall–Kier alpha value is -3.71. The highest BCUT2D eigenvalue weighted by molar-refractivity contribution is 9.10. The maximum atomic E-state index is 14.0. The molecule has 0 saturated carbocycles. The standard InChI is InChI=1S/C33H37BrN6O4S/c1-44-30-13-12-26(34)22-31(30)45(42,43)39-20-18-38(19-21-39)29-23-35-40(28-10-6-3-7-11-28)33(41)32(29)36-27-14-16-37(17-15-27)24-25-8-4-2-5-9-25/h2-13,22-23,27,36H,14-21,24H2,1H3. The summed E-state index contributed by atoms with van der Waals surface area (Å²) in [6.45, 7) is 4.11. The van der Waals surface area contributed by atoms with Crippen molar-refractivity contribution in [1.29, 1.82) is 0 Å². The molecule has 10 nitrogen and oxygen atoms in total. The van der Waals surface area contributed by atoms with Crippen molar-refractivity contribution < 1.29 is 13.2 Å². The van der Waals surface area contributed by atoms with Crippen molar-refractivity contribution in [2.45, 2.75) is 30.3 Å². The fourth-order valence-electron chi connectivity index (χ4n) is 6.02. The Bertz CT molecular complexity index is 1770. The average Bonchev–Trinajstić information content (AvgIpc) is 3.07. The lowest BCUT2D eigenvalue weighted by Gasteiger charge is -2.37. The summed E-state index contributed by atoms with van der Waals surface area (Å²) >= 11 is 3.38. The third-order valence-corrected chi connectivity index (χ3v) is 10.9. The minimum atomic E-state index is -3.79. The fourth-order valence-corrected chi connectivity index (χ4v) is 8.13. The van der Waals surface area contributed by atoms with Gasteiger partial charge in [-0.15, -0.1) is 0 Å². The number of para-hydroxylation sites is 1. The van der Waals surface area contributed by atoms with Crippen molar-refractivity contribution in [3.8, 4) is 11.4 Å². The lowest BCUT2D eigenvalue weighted by molar-refractivity contribution is 0.211. The van der Waals surface area contributed by atoms with Crippen LogP contribution in [0.15, 0.2) is 99.2 Å². The van der Waals surface area contributed by atoms with Crippen LogP contribution in [0.4, 0.5) is 11.4 Å². The Morgan fingerprint density at radius 2 is 1.58 bits per heavy atom. The highest BCUT2D eigenvalue weighted by Crippen LogP contribution is 2.32. The molecule has 0 bridgehead atoms. The summed E-state index contributed by atoms with van der Waals surface area (Å²) in [4.78, 5) is 18.6. The Kier molecular flexibility index (Phi) is 9.55. The van der Waals surface area contributed by atoms with Crippen LogP contribution >= 0.6 is 15.9 Å². The topological polar surface area (TPSA) is 100 Å². The zero-order chi connectivity index (χ0) is 31.4. The zero-order valence-electron chi connectivity index (χ0n) is 25.2. The number of hydrogen-bond acceptors (Lipinski definition) is 8. The van der Waals surface area contributed by atoms with Gasteiger partial charge in [-0.3, -0.25) is 9.69 Å². The van der Waals surface area contributed by atoms with E-state index in [0.717, 1.165) is 32.5 Å². The van der Waals surface area contributed by atoms with Gasteiger partial charge in [-0.25, -0.2) is 8.42 Å².